The first-order valence-electron chi connectivity index (χ1n) is 3.26. The minimum atomic E-state index is -1.21. The molecule has 0 atom stereocenters. The van der Waals surface area contributed by atoms with Gasteiger partial charge < -0.3 is 4.42 Å². The molecule has 0 aliphatic rings. The average Bonchev–Trinajstić information content (AvgIpc) is 2.11. The van der Waals surface area contributed by atoms with E-state index in [0.29, 0.717) is 0 Å². The molecule has 0 saturated heterocycles. The van der Waals surface area contributed by atoms with Crippen molar-refractivity contribution in [3.63, 3.8) is 0 Å². The molecule has 10 heavy (non-hydrogen) atoms. The van der Waals surface area contributed by atoms with Gasteiger partial charge in [0.25, 0.3) is 0 Å². The maximum Gasteiger partial charge on any atom is 0.168 e. The van der Waals surface area contributed by atoms with Crippen molar-refractivity contribution < 1.29 is 4.42 Å². The molecule has 0 spiro atoms. The van der Waals surface area contributed by atoms with Crippen LogP contribution in [0.4, 0.5) is 0 Å². The molecule has 3 heteroatoms. The summed E-state index contributed by atoms with van der Waals surface area (Å²) in [5, 5.41) is 1.15. The third kappa shape index (κ3) is 1.73. The predicted octanol–water partition coefficient (Wildman–Crippen LogP) is 2.59. The Bertz CT molecular complexity index is 224. The van der Waals surface area contributed by atoms with Crippen LogP contribution in [-0.4, -0.2) is 8.07 Å². The summed E-state index contributed by atoms with van der Waals surface area (Å²) in [6.07, 6.45) is 0. The van der Waals surface area contributed by atoms with E-state index in [4.69, 9.17) is 4.42 Å². The van der Waals surface area contributed by atoms with Crippen molar-refractivity contribution in [2.45, 2.75) is 19.6 Å². The van der Waals surface area contributed by atoms with E-state index in [1.807, 2.05) is 6.07 Å². The highest BCUT2D eigenvalue weighted by atomic mass is 79.9. The Morgan fingerprint density at radius 2 is 1.90 bits per heavy atom. The van der Waals surface area contributed by atoms with Crippen molar-refractivity contribution in [2.24, 2.45) is 0 Å². The summed E-state index contributed by atoms with van der Waals surface area (Å²) in [6.45, 7) is 6.79. The molecule has 0 fully saturated rings. The fourth-order valence-corrected chi connectivity index (χ4v) is 2.17. The number of halogens is 1. The molecular formula is C7H11BrOSi. The molecule has 0 aliphatic carbocycles. The van der Waals surface area contributed by atoms with E-state index in [2.05, 4.69) is 41.6 Å². The zero-order chi connectivity index (χ0) is 7.78. The third-order valence-electron chi connectivity index (χ3n) is 1.31. The van der Waals surface area contributed by atoms with Crippen LogP contribution < -0.4 is 5.38 Å². The molecule has 0 aliphatic heterocycles. The second-order valence-corrected chi connectivity index (χ2v) is 9.13. The van der Waals surface area contributed by atoms with Crippen LogP contribution in [0.5, 0.6) is 0 Å². The summed E-state index contributed by atoms with van der Waals surface area (Å²) >= 11 is 3.28. The molecule has 0 amide bonds. The molecule has 1 aromatic rings. The lowest BCUT2D eigenvalue weighted by Gasteiger charge is -2.10. The van der Waals surface area contributed by atoms with Gasteiger partial charge in [0, 0.05) is 0 Å². The zero-order valence-corrected chi connectivity index (χ0v) is 9.03. The van der Waals surface area contributed by atoms with E-state index in [1.54, 1.807) is 0 Å². The average molecular weight is 219 g/mol. The van der Waals surface area contributed by atoms with Crippen LogP contribution in [0, 0.1) is 0 Å². The van der Waals surface area contributed by atoms with Gasteiger partial charge in [-0.2, -0.15) is 0 Å². The molecule has 0 aromatic carbocycles. The van der Waals surface area contributed by atoms with Crippen LogP contribution >= 0.6 is 15.9 Å². The molecular weight excluding hydrogens is 208 g/mol. The van der Waals surface area contributed by atoms with Crippen molar-refractivity contribution in [1.82, 2.24) is 0 Å². The maximum atomic E-state index is 5.43. The zero-order valence-electron chi connectivity index (χ0n) is 6.44. The van der Waals surface area contributed by atoms with Gasteiger partial charge in [0.2, 0.25) is 0 Å². The van der Waals surface area contributed by atoms with Crippen molar-refractivity contribution in [2.75, 3.05) is 0 Å². The molecule has 1 rings (SSSR count). The molecule has 1 heterocycles. The van der Waals surface area contributed by atoms with E-state index in [9.17, 15) is 0 Å². The lowest BCUT2D eigenvalue weighted by atomic mass is 10.7. The van der Waals surface area contributed by atoms with Gasteiger partial charge in [-0.3, -0.25) is 0 Å². The lowest BCUT2D eigenvalue weighted by molar-refractivity contribution is 0.570. The summed E-state index contributed by atoms with van der Waals surface area (Å²) in [5.74, 6) is 0. The fraction of sp³-hybridized carbons (Fsp3) is 0.429. The summed E-state index contributed by atoms with van der Waals surface area (Å²) in [6, 6.07) is 4.00. The quantitative estimate of drug-likeness (QED) is 0.661. The summed E-state index contributed by atoms with van der Waals surface area (Å²) in [7, 11) is -1.21. The molecule has 56 valence electrons. The highest BCUT2D eigenvalue weighted by molar-refractivity contribution is 9.10. The minimum Gasteiger partial charge on any atom is -0.460 e. The summed E-state index contributed by atoms with van der Waals surface area (Å²) in [5.41, 5.74) is 0. The Balaban J connectivity index is 2.96. The third-order valence-corrected chi connectivity index (χ3v) is 3.49. The Morgan fingerprint density at radius 3 is 2.10 bits per heavy atom. The smallest absolute Gasteiger partial charge is 0.168 e. The first kappa shape index (κ1) is 8.08. The maximum absolute atomic E-state index is 5.43. The lowest BCUT2D eigenvalue weighted by Crippen LogP contribution is -2.36. The summed E-state index contributed by atoms with van der Waals surface area (Å²) < 4.78 is 6.26. The molecule has 1 aromatic heterocycles. The SMILES string of the molecule is C[Si](C)(C)c1ccc(Br)o1. The van der Waals surface area contributed by atoms with Crippen LogP contribution in [0.3, 0.4) is 0 Å². The normalized spacial score (nSPS) is 12.0. The van der Waals surface area contributed by atoms with Gasteiger partial charge in [-0.15, -0.1) is 0 Å². The Morgan fingerprint density at radius 1 is 1.30 bits per heavy atom. The van der Waals surface area contributed by atoms with Gasteiger partial charge >= 0.3 is 0 Å². The van der Waals surface area contributed by atoms with E-state index in [1.165, 1.54) is 0 Å². The van der Waals surface area contributed by atoms with Gasteiger partial charge in [-0.1, -0.05) is 19.6 Å². The molecule has 0 N–H and O–H groups in total. The highest BCUT2D eigenvalue weighted by Gasteiger charge is 2.20. The number of rotatable bonds is 1. The van der Waals surface area contributed by atoms with Gasteiger partial charge in [0.1, 0.15) is 8.07 Å². The Hall–Kier alpha value is -0.0231. The van der Waals surface area contributed by atoms with Crippen molar-refractivity contribution in [1.29, 1.82) is 0 Å². The molecule has 0 radical (unpaired) electrons. The summed E-state index contributed by atoms with van der Waals surface area (Å²) in [4.78, 5) is 0. The number of furan rings is 1. The molecule has 0 unspecified atom stereocenters. The first-order valence-corrected chi connectivity index (χ1v) is 7.55. The monoisotopic (exact) mass is 218 g/mol. The predicted molar refractivity (Wildman–Crippen MR) is 49.4 cm³/mol. The van der Waals surface area contributed by atoms with Gasteiger partial charge in [-0.05, 0) is 28.1 Å². The van der Waals surface area contributed by atoms with Crippen LogP contribution in [-0.2, 0) is 0 Å². The first-order chi connectivity index (χ1) is 4.50. The molecule has 0 saturated carbocycles. The van der Waals surface area contributed by atoms with Gasteiger partial charge in [-0.25, -0.2) is 0 Å². The fourth-order valence-electron chi connectivity index (χ4n) is 0.717. The second-order valence-electron chi connectivity index (χ2n) is 3.35. The van der Waals surface area contributed by atoms with E-state index in [0.717, 1.165) is 10.1 Å². The van der Waals surface area contributed by atoms with Crippen molar-refractivity contribution in [3.8, 4) is 0 Å². The van der Waals surface area contributed by atoms with E-state index in [-0.39, 0.29) is 0 Å². The van der Waals surface area contributed by atoms with Crippen LogP contribution in [0.1, 0.15) is 0 Å². The van der Waals surface area contributed by atoms with Crippen LogP contribution in [0.25, 0.3) is 0 Å². The number of hydrogen-bond donors (Lipinski definition) is 0. The van der Waals surface area contributed by atoms with Gasteiger partial charge in [0.05, 0.1) is 5.38 Å². The molecule has 1 nitrogen and oxygen atoms in total. The Kier molecular flexibility index (Phi) is 2.06. The number of hydrogen-bond acceptors (Lipinski definition) is 1. The Labute approximate surface area is 70.6 Å². The topological polar surface area (TPSA) is 13.1 Å². The second kappa shape index (κ2) is 2.55. The van der Waals surface area contributed by atoms with E-state index < -0.39 is 8.07 Å². The highest BCUT2D eigenvalue weighted by Crippen LogP contribution is 2.11. The standard InChI is InChI=1S/C7H11BrOSi/c1-10(2,3)7-5-4-6(8)9-7/h4-5H,1-3H3. The van der Waals surface area contributed by atoms with Crippen LogP contribution in [0.15, 0.2) is 21.2 Å². The minimum absolute atomic E-state index is 0.838. The molecule has 0 bridgehead atoms. The van der Waals surface area contributed by atoms with Gasteiger partial charge in [0.15, 0.2) is 4.67 Å². The van der Waals surface area contributed by atoms with E-state index >= 15 is 0 Å². The largest absolute Gasteiger partial charge is 0.460 e. The van der Waals surface area contributed by atoms with Crippen molar-refractivity contribution in [3.05, 3.63) is 16.8 Å². The van der Waals surface area contributed by atoms with Crippen LogP contribution in [0.2, 0.25) is 19.6 Å². The van der Waals surface area contributed by atoms with Crippen molar-refractivity contribution >= 4 is 29.4 Å².